The van der Waals surface area contributed by atoms with Gasteiger partial charge >= 0.3 is 0 Å². The molecule has 2 aromatic carbocycles. The average molecular weight is 202 g/mol. The predicted octanol–water partition coefficient (Wildman–Crippen LogP) is 3.37. The SMILES string of the molecule is CSc1cc2ccccc2cc1C=O. The van der Waals surface area contributed by atoms with Crippen molar-refractivity contribution in [1.82, 2.24) is 0 Å². The molecule has 2 rings (SSSR count). The lowest BCUT2D eigenvalue weighted by atomic mass is 10.1. The molecular formula is C12H10OS. The molecule has 0 unspecified atom stereocenters. The molecule has 0 bridgehead atoms. The Balaban J connectivity index is 2.75. The van der Waals surface area contributed by atoms with Crippen LogP contribution in [-0.4, -0.2) is 12.5 Å². The van der Waals surface area contributed by atoms with Crippen LogP contribution in [0.1, 0.15) is 10.4 Å². The van der Waals surface area contributed by atoms with Crippen molar-refractivity contribution in [3.63, 3.8) is 0 Å². The molecule has 0 N–H and O–H groups in total. The number of rotatable bonds is 2. The van der Waals surface area contributed by atoms with Gasteiger partial charge in [0.15, 0.2) is 6.29 Å². The van der Waals surface area contributed by atoms with Crippen LogP contribution in [0, 0.1) is 0 Å². The van der Waals surface area contributed by atoms with Crippen molar-refractivity contribution >= 4 is 28.8 Å². The van der Waals surface area contributed by atoms with E-state index in [2.05, 4.69) is 12.1 Å². The summed E-state index contributed by atoms with van der Waals surface area (Å²) < 4.78 is 0. The van der Waals surface area contributed by atoms with E-state index in [1.54, 1.807) is 11.8 Å². The van der Waals surface area contributed by atoms with E-state index in [0.29, 0.717) is 0 Å². The number of hydrogen-bond donors (Lipinski definition) is 0. The third-order valence-corrected chi connectivity index (χ3v) is 3.02. The number of hydrogen-bond acceptors (Lipinski definition) is 2. The zero-order valence-electron chi connectivity index (χ0n) is 7.86. The van der Waals surface area contributed by atoms with Crippen molar-refractivity contribution in [3.8, 4) is 0 Å². The predicted molar refractivity (Wildman–Crippen MR) is 61.1 cm³/mol. The molecule has 0 heterocycles. The molecule has 0 atom stereocenters. The monoisotopic (exact) mass is 202 g/mol. The van der Waals surface area contributed by atoms with Gasteiger partial charge in [-0.3, -0.25) is 4.79 Å². The Morgan fingerprint density at radius 3 is 2.36 bits per heavy atom. The third kappa shape index (κ3) is 1.53. The van der Waals surface area contributed by atoms with E-state index < -0.39 is 0 Å². The fourth-order valence-electron chi connectivity index (χ4n) is 1.51. The Labute approximate surface area is 87.1 Å². The Hall–Kier alpha value is -1.28. The highest BCUT2D eigenvalue weighted by Gasteiger charge is 2.02. The molecule has 1 nitrogen and oxygen atoms in total. The molecule has 2 heteroatoms. The number of fused-ring (bicyclic) bond motifs is 1. The summed E-state index contributed by atoms with van der Waals surface area (Å²) in [4.78, 5) is 11.9. The maximum absolute atomic E-state index is 10.8. The number of carbonyl (C=O) groups excluding carboxylic acids is 1. The van der Waals surface area contributed by atoms with E-state index in [4.69, 9.17) is 0 Å². The molecule has 0 spiro atoms. The van der Waals surface area contributed by atoms with Gasteiger partial charge in [0.25, 0.3) is 0 Å². The van der Waals surface area contributed by atoms with E-state index in [0.717, 1.165) is 22.1 Å². The van der Waals surface area contributed by atoms with Gasteiger partial charge < -0.3 is 0 Å². The Kier molecular flexibility index (Phi) is 2.55. The van der Waals surface area contributed by atoms with E-state index in [-0.39, 0.29) is 0 Å². The Morgan fingerprint density at radius 2 is 1.79 bits per heavy atom. The van der Waals surface area contributed by atoms with Crippen LogP contribution in [0.5, 0.6) is 0 Å². The maximum atomic E-state index is 10.8. The first-order chi connectivity index (χ1) is 6.85. The summed E-state index contributed by atoms with van der Waals surface area (Å²) in [7, 11) is 0. The molecule has 0 radical (unpaired) electrons. The third-order valence-electron chi connectivity index (χ3n) is 2.23. The van der Waals surface area contributed by atoms with Gasteiger partial charge in [0.2, 0.25) is 0 Å². The van der Waals surface area contributed by atoms with Gasteiger partial charge in [-0.2, -0.15) is 0 Å². The smallest absolute Gasteiger partial charge is 0.151 e. The summed E-state index contributed by atoms with van der Waals surface area (Å²) in [6.45, 7) is 0. The average Bonchev–Trinajstić information content (AvgIpc) is 2.27. The van der Waals surface area contributed by atoms with Gasteiger partial charge in [0, 0.05) is 10.5 Å². The molecule has 0 saturated carbocycles. The summed E-state index contributed by atoms with van der Waals surface area (Å²) in [5, 5.41) is 2.30. The van der Waals surface area contributed by atoms with Crippen LogP contribution in [0.3, 0.4) is 0 Å². The largest absolute Gasteiger partial charge is 0.298 e. The van der Waals surface area contributed by atoms with Crippen LogP contribution in [0.25, 0.3) is 10.8 Å². The molecule has 14 heavy (non-hydrogen) atoms. The standard InChI is InChI=1S/C12H10OS/c1-14-12-7-10-5-3-2-4-9(10)6-11(12)8-13/h2-8H,1H3. The highest BCUT2D eigenvalue weighted by atomic mass is 32.2. The molecule has 0 aliphatic heterocycles. The second kappa shape index (κ2) is 3.84. The molecule has 0 amide bonds. The van der Waals surface area contributed by atoms with Crippen LogP contribution in [-0.2, 0) is 0 Å². The molecule has 2 aromatic rings. The molecule has 70 valence electrons. The second-order valence-electron chi connectivity index (χ2n) is 3.06. The van der Waals surface area contributed by atoms with E-state index >= 15 is 0 Å². The van der Waals surface area contributed by atoms with Crippen LogP contribution in [0.4, 0.5) is 0 Å². The first-order valence-electron chi connectivity index (χ1n) is 4.37. The van der Waals surface area contributed by atoms with Crippen molar-refractivity contribution in [2.45, 2.75) is 4.90 Å². The van der Waals surface area contributed by atoms with E-state index in [1.807, 2.05) is 30.5 Å². The topological polar surface area (TPSA) is 17.1 Å². The zero-order chi connectivity index (χ0) is 9.97. The van der Waals surface area contributed by atoms with Crippen LogP contribution in [0.15, 0.2) is 41.3 Å². The van der Waals surface area contributed by atoms with Gasteiger partial charge in [-0.25, -0.2) is 0 Å². The first-order valence-corrected chi connectivity index (χ1v) is 5.59. The van der Waals surface area contributed by atoms with Gasteiger partial charge in [0.1, 0.15) is 0 Å². The summed E-state index contributed by atoms with van der Waals surface area (Å²) in [6, 6.07) is 12.1. The first kappa shape index (κ1) is 9.28. The molecule has 0 aromatic heterocycles. The second-order valence-corrected chi connectivity index (χ2v) is 3.91. The van der Waals surface area contributed by atoms with E-state index in [1.165, 1.54) is 5.39 Å². The van der Waals surface area contributed by atoms with Gasteiger partial charge in [-0.05, 0) is 29.2 Å². The number of thioether (sulfide) groups is 1. The lowest BCUT2D eigenvalue weighted by Crippen LogP contribution is -1.85. The Morgan fingerprint density at radius 1 is 1.14 bits per heavy atom. The Bertz CT molecular complexity index is 477. The van der Waals surface area contributed by atoms with Crippen molar-refractivity contribution < 1.29 is 4.79 Å². The van der Waals surface area contributed by atoms with Crippen LogP contribution >= 0.6 is 11.8 Å². The zero-order valence-corrected chi connectivity index (χ0v) is 8.67. The fraction of sp³-hybridized carbons (Fsp3) is 0.0833. The fourth-order valence-corrected chi connectivity index (χ4v) is 2.09. The molecular weight excluding hydrogens is 192 g/mol. The number of aldehydes is 1. The lowest BCUT2D eigenvalue weighted by Gasteiger charge is -2.03. The van der Waals surface area contributed by atoms with Crippen LogP contribution < -0.4 is 0 Å². The van der Waals surface area contributed by atoms with Gasteiger partial charge in [-0.1, -0.05) is 24.3 Å². The van der Waals surface area contributed by atoms with Crippen LogP contribution in [0.2, 0.25) is 0 Å². The highest BCUT2D eigenvalue weighted by molar-refractivity contribution is 7.98. The van der Waals surface area contributed by atoms with Crippen molar-refractivity contribution in [3.05, 3.63) is 42.0 Å². The van der Waals surface area contributed by atoms with Crippen molar-refractivity contribution in [1.29, 1.82) is 0 Å². The normalized spacial score (nSPS) is 10.4. The quantitative estimate of drug-likeness (QED) is 0.548. The number of benzene rings is 2. The molecule has 0 aliphatic carbocycles. The highest BCUT2D eigenvalue weighted by Crippen LogP contribution is 2.25. The minimum absolute atomic E-state index is 0.774. The maximum Gasteiger partial charge on any atom is 0.151 e. The minimum atomic E-state index is 0.774. The lowest BCUT2D eigenvalue weighted by molar-refractivity contribution is 0.112. The van der Waals surface area contributed by atoms with Gasteiger partial charge in [-0.15, -0.1) is 11.8 Å². The molecule has 0 saturated heterocycles. The summed E-state index contributed by atoms with van der Waals surface area (Å²) >= 11 is 1.60. The van der Waals surface area contributed by atoms with Crippen molar-refractivity contribution in [2.75, 3.05) is 6.26 Å². The molecule has 0 fully saturated rings. The number of carbonyl (C=O) groups is 1. The summed E-state index contributed by atoms with van der Waals surface area (Å²) in [5.74, 6) is 0. The minimum Gasteiger partial charge on any atom is -0.298 e. The van der Waals surface area contributed by atoms with E-state index in [9.17, 15) is 4.79 Å². The van der Waals surface area contributed by atoms with Gasteiger partial charge in [0.05, 0.1) is 0 Å². The summed E-state index contributed by atoms with van der Waals surface area (Å²) in [6.07, 6.45) is 2.90. The summed E-state index contributed by atoms with van der Waals surface area (Å²) in [5.41, 5.74) is 0.774. The van der Waals surface area contributed by atoms with Crippen molar-refractivity contribution in [2.24, 2.45) is 0 Å². The molecule has 0 aliphatic rings.